The monoisotopic (exact) mass is 420 g/mol. The zero-order chi connectivity index (χ0) is 20.9. The summed E-state index contributed by atoms with van der Waals surface area (Å²) in [5.41, 5.74) is 8.53. The number of methoxy groups -OCH3 is 2. The number of nitrogens with two attached hydrogens (primary N) is 1. The highest BCUT2D eigenvalue weighted by atomic mass is 32.2. The fourth-order valence-corrected chi connectivity index (χ4v) is 3.45. The summed E-state index contributed by atoms with van der Waals surface area (Å²) in [4.78, 5) is 14.6. The van der Waals surface area contributed by atoms with Crippen LogP contribution in [0.4, 0.5) is 23.0 Å². The lowest BCUT2D eigenvalue weighted by Gasteiger charge is -2.14. The Kier molecular flexibility index (Phi) is 5.71. The summed E-state index contributed by atoms with van der Waals surface area (Å²) in [6.07, 6.45) is 1.69. The molecule has 0 unspecified atom stereocenters. The van der Waals surface area contributed by atoms with Crippen LogP contribution in [0.3, 0.4) is 0 Å². The molecule has 0 aliphatic carbocycles. The Labute approximate surface area is 178 Å². The highest BCUT2D eigenvalue weighted by molar-refractivity contribution is 8.00. The zero-order valence-corrected chi connectivity index (χ0v) is 17.2. The SMILES string of the molecule is COc1cc(Nc2nc3cccnc3nc2NSc2cccc(N)c2)cc(OC)c1. The molecule has 2 aromatic carbocycles. The van der Waals surface area contributed by atoms with E-state index in [4.69, 9.17) is 20.2 Å². The molecule has 0 aliphatic rings. The van der Waals surface area contributed by atoms with Crippen LogP contribution in [0.5, 0.6) is 11.5 Å². The van der Waals surface area contributed by atoms with Crippen LogP contribution in [0, 0.1) is 0 Å². The number of nitrogens with one attached hydrogen (secondary N) is 2. The predicted molar refractivity (Wildman–Crippen MR) is 120 cm³/mol. The van der Waals surface area contributed by atoms with Crippen molar-refractivity contribution in [3.8, 4) is 11.5 Å². The summed E-state index contributed by atoms with van der Waals surface area (Å²) in [5, 5.41) is 3.30. The van der Waals surface area contributed by atoms with E-state index in [2.05, 4.69) is 20.0 Å². The number of aromatic nitrogens is 3. The Morgan fingerprint density at radius 1 is 0.900 bits per heavy atom. The van der Waals surface area contributed by atoms with Crippen molar-refractivity contribution >= 4 is 46.1 Å². The molecular formula is C21H20N6O2S. The minimum Gasteiger partial charge on any atom is -0.497 e. The molecule has 4 N–H and O–H groups in total. The first kappa shape index (κ1) is 19.6. The minimum atomic E-state index is 0.537. The first-order valence-corrected chi connectivity index (χ1v) is 9.87. The van der Waals surface area contributed by atoms with Gasteiger partial charge in [-0.3, -0.25) is 0 Å². The van der Waals surface area contributed by atoms with E-state index < -0.39 is 0 Å². The molecule has 0 bridgehead atoms. The van der Waals surface area contributed by atoms with Gasteiger partial charge in [-0.2, -0.15) is 0 Å². The number of ether oxygens (including phenoxy) is 2. The molecule has 0 amide bonds. The number of hydrogen-bond donors (Lipinski definition) is 3. The second-order valence-corrected chi connectivity index (χ2v) is 7.15. The van der Waals surface area contributed by atoms with Crippen LogP contribution in [0.25, 0.3) is 11.2 Å². The lowest BCUT2D eigenvalue weighted by Crippen LogP contribution is -2.03. The molecule has 0 aliphatic heterocycles. The highest BCUT2D eigenvalue weighted by Crippen LogP contribution is 2.32. The molecule has 0 atom stereocenters. The third-order valence-corrected chi connectivity index (χ3v) is 4.96. The maximum atomic E-state index is 5.87. The van der Waals surface area contributed by atoms with Crippen LogP contribution < -0.4 is 25.2 Å². The molecular weight excluding hydrogens is 400 g/mol. The smallest absolute Gasteiger partial charge is 0.182 e. The Balaban J connectivity index is 1.69. The van der Waals surface area contributed by atoms with Crippen molar-refractivity contribution in [2.24, 2.45) is 0 Å². The van der Waals surface area contributed by atoms with Crippen LogP contribution in [0.2, 0.25) is 0 Å². The Hall–Kier alpha value is -3.72. The molecule has 2 heterocycles. The molecule has 8 nitrogen and oxygen atoms in total. The zero-order valence-electron chi connectivity index (χ0n) is 16.4. The molecule has 9 heteroatoms. The molecule has 0 radical (unpaired) electrons. The minimum absolute atomic E-state index is 0.537. The second kappa shape index (κ2) is 8.75. The average Bonchev–Trinajstić information content (AvgIpc) is 2.77. The summed E-state index contributed by atoms with van der Waals surface area (Å²) in [7, 11) is 3.21. The lowest BCUT2D eigenvalue weighted by molar-refractivity contribution is 0.395. The quantitative estimate of drug-likeness (QED) is 0.294. The lowest BCUT2D eigenvalue weighted by atomic mass is 10.2. The number of fused-ring (bicyclic) bond motifs is 1. The van der Waals surface area contributed by atoms with Gasteiger partial charge in [0.05, 0.1) is 14.2 Å². The van der Waals surface area contributed by atoms with E-state index in [0.717, 1.165) is 10.6 Å². The number of benzene rings is 2. The predicted octanol–water partition coefficient (Wildman–Crippen LogP) is 4.49. The Bertz CT molecular complexity index is 1160. The number of anilines is 4. The normalized spacial score (nSPS) is 10.6. The highest BCUT2D eigenvalue weighted by Gasteiger charge is 2.12. The molecule has 0 saturated carbocycles. The van der Waals surface area contributed by atoms with Gasteiger partial charge in [0.25, 0.3) is 0 Å². The number of hydrogen-bond acceptors (Lipinski definition) is 9. The molecule has 4 rings (SSSR count). The third-order valence-electron chi connectivity index (χ3n) is 4.18. The third kappa shape index (κ3) is 4.47. The average molecular weight is 420 g/mol. The van der Waals surface area contributed by atoms with Gasteiger partial charge in [-0.25, -0.2) is 15.0 Å². The van der Waals surface area contributed by atoms with Crippen molar-refractivity contribution in [1.82, 2.24) is 15.0 Å². The van der Waals surface area contributed by atoms with Gasteiger partial charge in [-0.05, 0) is 42.3 Å². The van der Waals surface area contributed by atoms with Crippen LogP contribution >= 0.6 is 11.9 Å². The molecule has 4 aromatic rings. The van der Waals surface area contributed by atoms with Gasteiger partial charge in [0.15, 0.2) is 17.3 Å². The first-order chi connectivity index (χ1) is 14.6. The summed E-state index contributed by atoms with van der Waals surface area (Å²) in [6.45, 7) is 0. The summed E-state index contributed by atoms with van der Waals surface area (Å²) in [5.74, 6) is 2.41. The fourth-order valence-electron chi connectivity index (χ4n) is 2.75. The summed E-state index contributed by atoms with van der Waals surface area (Å²) in [6, 6.07) is 16.8. The molecule has 0 spiro atoms. The van der Waals surface area contributed by atoms with E-state index in [9.17, 15) is 0 Å². The van der Waals surface area contributed by atoms with Gasteiger partial charge in [0.2, 0.25) is 0 Å². The van der Waals surface area contributed by atoms with Gasteiger partial charge >= 0.3 is 0 Å². The van der Waals surface area contributed by atoms with E-state index in [1.165, 1.54) is 11.9 Å². The van der Waals surface area contributed by atoms with Crippen LogP contribution in [-0.2, 0) is 0 Å². The van der Waals surface area contributed by atoms with Crippen LogP contribution in [0.15, 0.2) is 65.7 Å². The molecule has 152 valence electrons. The second-order valence-electron chi connectivity index (χ2n) is 6.27. The molecule has 0 fully saturated rings. The summed E-state index contributed by atoms with van der Waals surface area (Å²) < 4.78 is 14.0. The summed E-state index contributed by atoms with van der Waals surface area (Å²) >= 11 is 1.39. The van der Waals surface area contributed by atoms with E-state index >= 15 is 0 Å². The van der Waals surface area contributed by atoms with E-state index in [1.54, 1.807) is 26.5 Å². The number of nitrogens with zero attached hydrogens (tertiary/aromatic N) is 3. The fraction of sp³-hybridized carbons (Fsp3) is 0.0952. The van der Waals surface area contributed by atoms with Crippen molar-refractivity contribution < 1.29 is 9.47 Å². The van der Waals surface area contributed by atoms with Gasteiger partial charge in [-0.1, -0.05) is 6.07 Å². The number of nitrogen functional groups attached to an aromatic ring is 1. The van der Waals surface area contributed by atoms with Gasteiger partial charge in [-0.15, -0.1) is 0 Å². The van der Waals surface area contributed by atoms with Gasteiger partial charge < -0.3 is 25.2 Å². The maximum absolute atomic E-state index is 5.87. The van der Waals surface area contributed by atoms with E-state index in [0.29, 0.717) is 40.0 Å². The molecule has 2 aromatic heterocycles. The van der Waals surface area contributed by atoms with Crippen LogP contribution in [-0.4, -0.2) is 29.2 Å². The molecule has 0 saturated heterocycles. The van der Waals surface area contributed by atoms with Crippen LogP contribution in [0.1, 0.15) is 0 Å². The largest absolute Gasteiger partial charge is 0.497 e. The Morgan fingerprint density at radius 2 is 1.70 bits per heavy atom. The van der Waals surface area contributed by atoms with Crippen molar-refractivity contribution in [2.45, 2.75) is 4.90 Å². The number of rotatable bonds is 7. The molecule has 30 heavy (non-hydrogen) atoms. The van der Waals surface area contributed by atoms with Crippen molar-refractivity contribution in [1.29, 1.82) is 0 Å². The van der Waals surface area contributed by atoms with E-state index in [-0.39, 0.29) is 0 Å². The van der Waals surface area contributed by atoms with Gasteiger partial charge in [0.1, 0.15) is 17.0 Å². The van der Waals surface area contributed by atoms with Crippen molar-refractivity contribution in [3.05, 3.63) is 60.8 Å². The Morgan fingerprint density at radius 3 is 2.43 bits per heavy atom. The maximum Gasteiger partial charge on any atom is 0.182 e. The van der Waals surface area contributed by atoms with Gasteiger partial charge in [0, 0.05) is 40.7 Å². The van der Waals surface area contributed by atoms with Crippen molar-refractivity contribution in [3.63, 3.8) is 0 Å². The van der Waals surface area contributed by atoms with Crippen molar-refractivity contribution in [2.75, 3.05) is 30.0 Å². The van der Waals surface area contributed by atoms with E-state index in [1.807, 2.05) is 48.5 Å². The standard InChI is InChI=1S/C21H20N6O2S/c1-28-15-10-14(11-16(12-15)29-2)24-20-21(26-19-18(25-20)7-4-8-23-19)27-30-17-6-3-5-13(22)9-17/h3-12H,22H2,1-2H3,(H,24,25)(H,23,26,27). The number of pyridine rings is 1. The topological polar surface area (TPSA) is 107 Å². The first-order valence-electron chi connectivity index (χ1n) is 9.06.